The zero-order valence-corrected chi connectivity index (χ0v) is 18.0. The Morgan fingerprint density at radius 1 is 0.939 bits per heavy atom. The van der Waals surface area contributed by atoms with E-state index in [-0.39, 0.29) is 18.4 Å². The van der Waals surface area contributed by atoms with E-state index in [0.717, 1.165) is 11.3 Å². The number of carbonyl (C=O) groups excluding carboxylic acids is 2. The van der Waals surface area contributed by atoms with Crippen LogP contribution < -0.4 is 15.4 Å². The number of methoxy groups -OCH3 is 1. The van der Waals surface area contributed by atoms with Gasteiger partial charge in [-0.25, -0.2) is 4.98 Å². The summed E-state index contributed by atoms with van der Waals surface area (Å²) in [4.78, 5) is 30.2. The van der Waals surface area contributed by atoms with Crippen LogP contribution in [0, 0.1) is 0 Å². The lowest BCUT2D eigenvalue weighted by molar-refractivity contribution is -0.123. The van der Waals surface area contributed by atoms with Crippen LogP contribution in [0.5, 0.6) is 5.75 Å². The van der Waals surface area contributed by atoms with E-state index >= 15 is 0 Å². The van der Waals surface area contributed by atoms with Crippen molar-refractivity contribution in [1.82, 2.24) is 25.8 Å². The molecule has 8 nitrogen and oxygen atoms in total. The van der Waals surface area contributed by atoms with E-state index in [1.54, 1.807) is 43.5 Å². The normalized spacial score (nSPS) is 11.4. The largest absolute Gasteiger partial charge is 0.497 e. The molecule has 0 aliphatic carbocycles. The Hall–Kier alpha value is -4.46. The lowest BCUT2D eigenvalue weighted by atomic mass is 10.1. The molecule has 0 fully saturated rings. The van der Waals surface area contributed by atoms with Gasteiger partial charge in [-0.1, -0.05) is 48.5 Å². The standard InChI is InChI=1S/C25H23N5O3/c1-33-20-14-12-18(13-15-20)23-27-21(29-30-23)16-26-25(32)22(17-8-4-2-5-9-17)28-24(31)19-10-6-3-7-11-19/h2-15,22H,16H2,1H3,(H,26,32)(H,28,31)(H,27,29,30). The predicted molar refractivity (Wildman–Crippen MR) is 123 cm³/mol. The van der Waals surface area contributed by atoms with Crippen LogP contribution in [-0.2, 0) is 11.3 Å². The number of nitrogens with zero attached hydrogens (tertiary/aromatic N) is 2. The Labute approximate surface area is 191 Å². The summed E-state index contributed by atoms with van der Waals surface area (Å²) >= 11 is 0. The molecule has 0 aliphatic rings. The van der Waals surface area contributed by atoms with Gasteiger partial charge in [-0.2, -0.15) is 5.10 Å². The van der Waals surface area contributed by atoms with Crippen molar-refractivity contribution in [2.75, 3.05) is 7.11 Å². The Morgan fingerprint density at radius 2 is 1.61 bits per heavy atom. The summed E-state index contributed by atoms with van der Waals surface area (Å²) in [7, 11) is 1.60. The number of nitrogens with one attached hydrogen (secondary N) is 3. The summed E-state index contributed by atoms with van der Waals surface area (Å²) in [6, 6.07) is 24.4. The first-order valence-corrected chi connectivity index (χ1v) is 10.4. The molecular weight excluding hydrogens is 418 g/mol. The average Bonchev–Trinajstić information content (AvgIpc) is 3.36. The number of hydrogen-bond donors (Lipinski definition) is 3. The molecule has 166 valence electrons. The summed E-state index contributed by atoms with van der Waals surface area (Å²) in [5.41, 5.74) is 1.98. The number of ether oxygens (including phenoxy) is 1. The average molecular weight is 441 g/mol. The summed E-state index contributed by atoms with van der Waals surface area (Å²) in [6.45, 7) is 0.131. The van der Waals surface area contributed by atoms with Gasteiger partial charge in [0.25, 0.3) is 5.91 Å². The number of amides is 2. The lowest BCUT2D eigenvalue weighted by Crippen LogP contribution is -2.40. The van der Waals surface area contributed by atoms with Gasteiger partial charge in [0.2, 0.25) is 5.91 Å². The van der Waals surface area contributed by atoms with E-state index in [4.69, 9.17) is 4.74 Å². The van der Waals surface area contributed by atoms with Crippen LogP contribution in [-0.4, -0.2) is 34.1 Å². The Kier molecular flexibility index (Phi) is 6.75. The Balaban J connectivity index is 1.45. The molecule has 2 amide bonds. The molecule has 3 N–H and O–H groups in total. The number of carbonyl (C=O) groups is 2. The first-order valence-electron chi connectivity index (χ1n) is 10.4. The maximum Gasteiger partial charge on any atom is 0.252 e. The molecule has 4 rings (SSSR count). The molecule has 8 heteroatoms. The van der Waals surface area contributed by atoms with E-state index in [2.05, 4.69) is 25.8 Å². The highest BCUT2D eigenvalue weighted by Gasteiger charge is 2.23. The fraction of sp³-hybridized carbons (Fsp3) is 0.120. The molecule has 0 saturated heterocycles. The van der Waals surface area contributed by atoms with Crippen molar-refractivity contribution in [2.45, 2.75) is 12.6 Å². The monoisotopic (exact) mass is 441 g/mol. The van der Waals surface area contributed by atoms with Gasteiger partial charge >= 0.3 is 0 Å². The topological polar surface area (TPSA) is 109 Å². The van der Waals surface area contributed by atoms with Crippen LogP contribution >= 0.6 is 0 Å². The molecule has 0 spiro atoms. The Bertz CT molecular complexity index is 1210. The van der Waals surface area contributed by atoms with Gasteiger partial charge in [0.15, 0.2) is 5.82 Å². The molecule has 1 heterocycles. The second-order valence-electron chi connectivity index (χ2n) is 7.24. The number of aromatic amines is 1. The minimum atomic E-state index is -0.858. The van der Waals surface area contributed by atoms with Crippen LogP contribution in [0.1, 0.15) is 27.8 Å². The van der Waals surface area contributed by atoms with Crippen molar-refractivity contribution in [3.63, 3.8) is 0 Å². The fourth-order valence-electron chi connectivity index (χ4n) is 3.27. The van der Waals surface area contributed by atoms with Crippen LogP contribution in [0.4, 0.5) is 0 Å². The van der Waals surface area contributed by atoms with Gasteiger partial charge in [0.1, 0.15) is 17.6 Å². The van der Waals surface area contributed by atoms with Crippen LogP contribution in [0.25, 0.3) is 11.4 Å². The number of rotatable bonds is 8. The fourth-order valence-corrected chi connectivity index (χ4v) is 3.27. The number of hydrogen-bond acceptors (Lipinski definition) is 5. The first kappa shape index (κ1) is 21.8. The van der Waals surface area contributed by atoms with Gasteiger partial charge < -0.3 is 15.4 Å². The molecule has 4 aromatic rings. The zero-order chi connectivity index (χ0) is 23.0. The quantitative estimate of drug-likeness (QED) is 0.389. The third kappa shape index (κ3) is 5.43. The summed E-state index contributed by atoms with van der Waals surface area (Å²) < 4.78 is 5.16. The van der Waals surface area contributed by atoms with Crippen molar-refractivity contribution in [1.29, 1.82) is 0 Å². The number of aromatic nitrogens is 3. The van der Waals surface area contributed by atoms with E-state index < -0.39 is 6.04 Å². The zero-order valence-electron chi connectivity index (χ0n) is 18.0. The van der Waals surface area contributed by atoms with Crippen LogP contribution in [0.15, 0.2) is 84.9 Å². The molecule has 0 radical (unpaired) electrons. The smallest absolute Gasteiger partial charge is 0.252 e. The maximum atomic E-state index is 13.0. The molecular formula is C25H23N5O3. The van der Waals surface area contributed by atoms with E-state index in [1.165, 1.54) is 0 Å². The third-order valence-corrected chi connectivity index (χ3v) is 5.02. The van der Waals surface area contributed by atoms with Gasteiger partial charge in [-0.3, -0.25) is 14.7 Å². The molecule has 0 aliphatic heterocycles. The number of benzene rings is 3. The van der Waals surface area contributed by atoms with Crippen molar-refractivity contribution in [3.05, 3.63) is 102 Å². The maximum absolute atomic E-state index is 13.0. The van der Waals surface area contributed by atoms with Crippen molar-refractivity contribution >= 4 is 11.8 Å². The minimum Gasteiger partial charge on any atom is -0.497 e. The third-order valence-electron chi connectivity index (χ3n) is 5.02. The molecule has 33 heavy (non-hydrogen) atoms. The van der Waals surface area contributed by atoms with Crippen molar-refractivity contribution < 1.29 is 14.3 Å². The highest BCUT2D eigenvalue weighted by molar-refractivity contribution is 5.97. The summed E-state index contributed by atoms with van der Waals surface area (Å²) in [6.07, 6.45) is 0. The molecule has 1 aromatic heterocycles. The SMILES string of the molecule is COc1ccc(-c2n[nH]c(CNC(=O)C(NC(=O)c3ccccc3)c3ccccc3)n2)cc1. The van der Waals surface area contributed by atoms with Crippen LogP contribution in [0.2, 0.25) is 0 Å². The molecule has 1 unspecified atom stereocenters. The van der Waals surface area contributed by atoms with Gasteiger partial charge in [-0.05, 0) is 42.0 Å². The van der Waals surface area contributed by atoms with Gasteiger partial charge in [0.05, 0.1) is 13.7 Å². The minimum absolute atomic E-state index is 0.131. The number of H-pyrrole nitrogens is 1. The first-order chi connectivity index (χ1) is 16.1. The second kappa shape index (κ2) is 10.2. The summed E-state index contributed by atoms with van der Waals surface area (Å²) in [5, 5.41) is 12.7. The van der Waals surface area contributed by atoms with Crippen molar-refractivity contribution in [3.8, 4) is 17.1 Å². The highest BCUT2D eigenvalue weighted by Crippen LogP contribution is 2.19. The van der Waals surface area contributed by atoms with Gasteiger partial charge in [0, 0.05) is 11.1 Å². The van der Waals surface area contributed by atoms with E-state index in [9.17, 15) is 9.59 Å². The lowest BCUT2D eigenvalue weighted by Gasteiger charge is -2.18. The summed E-state index contributed by atoms with van der Waals surface area (Å²) in [5.74, 6) is 1.06. The predicted octanol–water partition coefficient (Wildman–Crippen LogP) is 3.27. The van der Waals surface area contributed by atoms with Gasteiger partial charge in [-0.15, -0.1) is 0 Å². The van der Waals surface area contributed by atoms with E-state index in [1.807, 2.05) is 48.5 Å². The molecule has 3 aromatic carbocycles. The van der Waals surface area contributed by atoms with Crippen molar-refractivity contribution in [2.24, 2.45) is 0 Å². The second-order valence-corrected chi connectivity index (χ2v) is 7.24. The molecule has 0 saturated carbocycles. The Morgan fingerprint density at radius 3 is 2.27 bits per heavy atom. The highest BCUT2D eigenvalue weighted by atomic mass is 16.5. The molecule has 0 bridgehead atoms. The molecule has 1 atom stereocenters. The van der Waals surface area contributed by atoms with Crippen LogP contribution in [0.3, 0.4) is 0 Å². The van der Waals surface area contributed by atoms with E-state index in [0.29, 0.717) is 22.8 Å².